The molecule has 1 aliphatic rings. The first-order valence-electron chi connectivity index (χ1n) is 6.91. The molecular formula is C15H22N2O2. The first-order valence-corrected chi connectivity index (χ1v) is 6.91. The third kappa shape index (κ3) is 3.77. The maximum atomic E-state index is 11.7. The molecule has 0 saturated heterocycles. The standard InChI is InChI=1S/C15H22N2O2/c1-17(10-12-6-3-4-7-12)11-14-13(15(18)19-2)8-5-9-16-14/h5,8-9,12H,3-4,6-7,10-11H2,1-2H3. The highest BCUT2D eigenvalue weighted by molar-refractivity contribution is 5.90. The first-order chi connectivity index (χ1) is 9.20. The summed E-state index contributed by atoms with van der Waals surface area (Å²) in [7, 11) is 3.50. The lowest BCUT2D eigenvalue weighted by Crippen LogP contribution is -2.25. The molecule has 1 fully saturated rings. The minimum Gasteiger partial charge on any atom is -0.465 e. The summed E-state index contributed by atoms with van der Waals surface area (Å²) in [6.07, 6.45) is 7.10. The molecule has 1 saturated carbocycles. The van der Waals surface area contributed by atoms with Gasteiger partial charge in [0, 0.05) is 19.3 Å². The second kappa shape index (κ2) is 6.66. The van der Waals surface area contributed by atoms with E-state index < -0.39 is 0 Å². The zero-order valence-electron chi connectivity index (χ0n) is 11.8. The molecule has 104 valence electrons. The quantitative estimate of drug-likeness (QED) is 0.765. The Balaban J connectivity index is 1.99. The van der Waals surface area contributed by atoms with E-state index in [1.165, 1.54) is 32.8 Å². The Morgan fingerprint density at radius 3 is 2.89 bits per heavy atom. The Morgan fingerprint density at radius 2 is 2.21 bits per heavy atom. The molecule has 0 spiro atoms. The fraction of sp³-hybridized carbons (Fsp3) is 0.600. The fourth-order valence-electron chi connectivity index (χ4n) is 2.81. The van der Waals surface area contributed by atoms with Crippen LogP contribution in [0.1, 0.15) is 41.7 Å². The van der Waals surface area contributed by atoms with Crippen LogP contribution in [0.5, 0.6) is 0 Å². The summed E-state index contributed by atoms with van der Waals surface area (Å²) in [5, 5.41) is 0. The van der Waals surface area contributed by atoms with Gasteiger partial charge >= 0.3 is 5.97 Å². The molecule has 0 amide bonds. The highest BCUT2D eigenvalue weighted by Crippen LogP contribution is 2.25. The van der Waals surface area contributed by atoms with Gasteiger partial charge in [-0.1, -0.05) is 12.8 Å². The number of hydrogen-bond acceptors (Lipinski definition) is 4. The zero-order chi connectivity index (χ0) is 13.7. The van der Waals surface area contributed by atoms with Crippen LogP contribution in [-0.2, 0) is 11.3 Å². The number of carbonyl (C=O) groups is 1. The van der Waals surface area contributed by atoms with Gasteiger partial charge < -0.3 is 9.64 Å². The van der Waals surface area contributed by atoms with Gasteiger partial charge in [0.15, 0.2) is 0 Å². The van der Waals surface area contributed by atoms with E-state index in [1.54, 1.807) is 18.3 Å². The average molecular weight is 262 g/mol. The minimum atomic E-state index is -0.308. The van der Waals surface area contributed by atoms with Gasteiger partial charge in [-0.05, 0) is 37.9 Å². The number of methoxy groups -OCH3 is 1. The molecule has 4 heteroatoms. The van der Waals surface area contributed by atoms with Gasteiger partial charge in [-0.2, -0.15) is 0 Å². The Hall–Kier alpha value is -1.42. The van der Waals surface area contributed by atoms with Crippen LogP contribution in [0, 0.1) is 5.92 Å². The highest BCUT2D eigenvalue weighted by atomic mass is 16.5. The smallest absolute Gasteiger partial charge is 0.339 e. The number of rotatable bonds is 5. The number of carbonyl (C=O) groups excluding carboxylic acids is 1. The van der Waals surface area contributed by atoms with E-state index in [4.69, 9.17) is 4.74 Å². The topological polar surface area (TPSA) is 42.4 Å². The molecule has 0 aliphatic heterocycles. The van der Waals surface area contributed by atoms with Crippen LogP contribution in [0.2, 0.25) is 0 Å². The summed E-state index contributed by atoms with van der Waals surface area (Å²) in [5.41, 5.74) is 1.37. The van der Waals surface area contributed by atoms with Gasteiger partial charge in [-0.3, -0.25) is 4.98 Å². The maximum Gasteiger partial charge on any atom is 0.339 e. The van der Waals surface area contributed by atoms with Crippen molar-refractivity contribution in [3.8, 4) is 0 Å². The van der Waals surface area contributed by atoms with Crippen LogP contribution < -0.4 is 0 Å². The van der Waals surface area contributed by atoms with E-state index in [0.29, 0.717) is 12.1 Å². The number of aromatic nitrogens is 1. The van der Waals surface area contributed by atoms with Gasteiger partial charge in [0.2, 0.25) is 0 Å². The maximum absolute atomic E-state index is 11.7. The lowest BCUT2D eigenvalue weighted by molar-refractivity contribution is 0.0597. The SMILES string of the molecule is COC(=O)c1cccnc1CN(C)CC1CCCC1. The van der Waals surface area contributed by atoms with Crippen molar-refractivity contribution in [1.29, 1.82) is 0 Å². The summed E-state index contributed by atoms with van der Waals surface area (Å²) >= 11 is 0. The normalized spacial score (nSPS) is 15.9. The van der Waals surface area contributed by atoms with E-state index in [2.05, 4.69) is 16.9 Å². The molecule has 1 aromatic heterocycles. The summed E-state index contributed by atoms with van der Waals surface area (Å²) < 4.78 is 4.79. The third-order valence-corrected chi connectivity index (χ3v) is 3.76. The van der Waals surface area contributed by atoms with Crippen molar-refractivity contribution in [3.05, 3.63) is 29.6 Å². The average Bonchev–Trinajstić information content (AvgIpc) is 2.91. The molecule has 2 rings (SSSR count). The summed E-state index contributed by atoms with van der Waals surface area (Å²) in [6.45, 7) is 1.78. The monoisotopic (exact) mass is 262 g/mol. The number of pyridine rings is 1. The number of hydrogen-bond donors (Lipinski definition) is 0. The molecule has 0 unspecified atom stereocenters. The number of nitrogens with zero attached hydrogens (tertiary/aromatic N) is 2. The molecule has 1 aliphatic carbocycles. The van der Waals surface area contributed by atoms with E-state index in [0.717, 1.165) is 18.2 Å². The highest BCUT2D eigenvalue weighted by Gasteiger charge is 2.19. The molecule has 0 aromatic carbocycles. The Morgan fingerprint density at radius 1 is 1.47 bits per heavy atom. The summed E-state index contributed by atoms with van der Waals surface area (Å²) in [5.74, 6) is 0.493. The van der Waals surface area contributed by atoms with Crippen LogP contribution in [0.15, 0.2) is 18.3 Å². The predicted molar refractivity (Wildman–Crippen MR) is 73.9 cm³/mol. The van der Waals surface area contributed by atoms with Gasteiger partial charge in [0.25, 0.3) is 0 Å². The van der Waals surface area contributed by atoms with Crippen LogP contribution in [-0.4, -0.2) is 36.6 Å². The molecule has 19 heavy (non-hydrogen) atoms. The molecule has 0 radical (unpaired) electrons. The van der Waals surface area contributed by atoms with Crippen molar-refractivity contribution in [2.24, 2.45) is 5.92 Å². The molecular weight excluding hydrogens is 240 g/mol. The molecule has 0 atom stereocenters. The first kappa shape index (κ1) is 14.0. The second-order valence-electron chi connectivity index (χ2n) is 5.34. The van der Waals surface area contributed by atoms with Crippen molar-refractivity contribution in [1.82, 2.24) is 9.88 Å². The van der Waals surface area contributed by atoms with Crippen LogP contribution in [0.4, 0.5) is 0 Å². The minimum absolute atomic E-state index is 0.308. The van der Waals surface area contributed by atoms with Crippen molar-refractivity contribution in [2.45, 2.75) is 32.2 Å². The van der Waals surface area contributed by atoms with E-state index in [1.807, 2.05) is 0 Å². The Labute approximate surface area is 114 Å². The summed E-state index contributed by atoms with van der Waals surface area (Å²) in [4.78, 5) is 18.3. The van der Waals surface area contributed by atoms with Gasteiger partial charge in [-0.15, -0.1) is 0 Å². The van der Waals surface area contributed by atoms with Crippen molar-refractivity contribution >= 4 is 5.97 Å². The van der Waals surface area contributed by atoms with Gasteiger partial charge in [0.1, 0.15) is 0 Å². The molecule has 1 heterocycles. The van der Waals surface area contributed by atoms with E-state index in [9.17, 15) is 4.79 Å². The van der Waals surface area contributed by atoms with Gasteiger partial charge in [-0.25, -0.2) is 4.79 Å². The van der Waals surface area contributed by atoms with Crippen LogP contribution >= 0.6 is 0 Å². The second-order valence-corrected chi connectivity index (χ2v) is 5.34. The van der Waals surface area contributed by atoms with Crippen LogP contribution in [0.3, 0.4) is 0 Å². The lowest BCUT2D eigenvalue weighted by atomic mass is 10.1. The Bertz CT molecular complexity index is 428. The molecule has 1 aromatic rings. The van der Waals surface area contributed by atoms with E-state index >= 15 is 0 Å². The third-order valence-electron chi connectivity index (χ3n) is 3.76. The van der Waals surface area contributed by atoms with Gasteiger partial charge in [0.05, 0.1) is 18.4 Å². The molecule has 4 nitrogen and oxygen atoms in total. The Kier molecular flexibility index (Phi) is 4.91. The largest absolute Gasteiger partial charge is 0.465 e. The van der Waals surface area contributed by atoms with Crippen molar-refractivity contribution in [2.75, 3.05) is 20.7 Å². The van der Waals surface area contributed by atoms with Crippen molar-refractivity contribution in [3.63, 3.8) is 0 Å². The molecule has 0 bridgehead atoms. The predicted octanol–water partition coefficient (Wildman–Crippen LogP) is 2.49. The van der Waals surface area contributed by atoms with Crippen molar-refractivity contribution < 1.29 is 9.53 Å². The van der Waals surface area contributed by atoms with Crippen LogP contribution in [0.25, 0.3) is 0 Å². The van der Waals surface area contributed by atoms with E-state index in [-0.39, 0.29) is 5.97 Å². The fourth-order valence-corrected chi connectivity index (χ4v) is 2.81. The lowest BCUT2D eigenvalue weighted by Gasteiger charge is -2.21. The summed E-state index contributed by atoms with van der Waals surface area (Å²) in [6, 6.07) is 3.55. The number of ether oxygens (including phenoxy) is 1. The molecule has 0 N–H and O–H groups in total. The zero-order valence-corrected chi connectivity index (χ0v) is 11.8. The number of esters is 1.